The molecule has 2 aliphatic heterocycles. The number of nitrogens with zero attached hydrogens (tertiary/aromatic N) is 3. The van der Waals surface area contributed by atoms with Gasteiger partial charge in [0.1, 0.15) is 5.82 Å². The molecule has 1 unspecified atom stereocenters. The van der Waals surface area contributed by atoms with Crippen molar-refractivity contribution >= 4 is 37.3 Å². The molecule has 160 valence electrons. The van der Waals surface area contributed by atoms with Crippen LogP contribution in [0, 0.1) is 0 Å². The molecule has 1 saturated heterocycles. The highest BCUT2D eigenvalue weighted by molar-refractivity contribution is 7.28. The van der Waals surface area contributed by atoms with Gasteiger partial charge in [-0.1, -0.05) is 6.92 Å². The summed E-state index contributed by atoms with van der Waals surface area (Å²) in [7, 11) is 2.87. The van der Waals surface area contributed by atoms with Crippen LogP contribution in [0.3, 0.4) is 0 Å². The van der Waals surface area contributed by atoms with Crippen LogP contribution in [0.25, 0.3) is 10.9 Å². The third kappa shape index (κ3) is 4.30. The van der Waals surface area contributed by atoms with Gasteiger partial charge < -0.3 is 15.2 Å². The maximum atomic E-state index is 12.6. The fourth-order valence-corrected chi connectivity index (χ4v) is 5.00. The quantitative estimate of drug-likeness (QED) is 0.571. The highest BCUT2D eigenvalue weighted by Gasteiger charge is 2.20. The summed E-state index contributed by atoms with van der Waals surface area (Å²) in [5.41, 5.74) is 4.14. The van der Waals surface area contributed by atoms with E-state index in [1.54, 1.807) is 0 Å². The predicted octanol–water partition coefficient (Wildman–Crippen LogP) is 2.85. The number of aromatic amines is 1. The van der Waals surface area contributed by atoms with E-state index in [0.717, 1.165) is 91.8 Å². The summed E-state index contributed by atoms with van der Waals surface area (Å²) in [5, 5.41) is 5.74. The molecule has 2 aliphatic rings. The number of nitrogens with one attached hydrogen (secondary N) is 2. The number of rotatable bonds is 5. The molecule has 0 spiro atoms. The van der Waals surface area contributed by atoms with E-state index < -0.39 is 0 Å². The average molecular weight is 426 g/mol. The van der Waals surface area contributed by atoms with Crippen molar-refractivity contribution in [1.29, 1.82) is 0 Å². The van der Waals surface area contributed by atoms with E-state index in [-0.39, 0.29) is 5.56 Å². The standard InChI is InChI=1S/C23H32N5OP/c1-3-7-24-20(4-2)28-11-9-27(10-12-28)15-16-13-18-21(19(30)14-16)22-17(23(29)26-18)6-5-8-25-22/h4,7,13-14,25H,3,5-6,8-12,15,30H2,1-2H3,(H,26,29)/b20-4+,24-7-. The lowest BCUT2D eigenvalue weighted by Gasteiger charge is -2.36. The van der Waals surface area contributed by atoms with Gasteiger partial charge in [0.2, 0.25) is 0 Å². The number of fused-ring (bicyclic) bond motifs is 3. The Balaban J connectivity index is 1.50. The minimum Gasteiger partial charge on any atom is -0.384 e. The van der Waals surface area contributed by atoms with Crippen molar-refractivity contribution in [2.45, 2.75) is 39.7 Å². The number of allylic oxidation sites excluding steroid dienone is 1. The molecule has 0 saturated carbocycles. The number of aromatic nitrogens is 1. The number of pyridine rings is 1. The van der Waals surface area contributed by atoms with Crippen molar-refractivity contribution in [3.63, 3.8) is 0 Å². The topological polar surface area (TPSA) is 63.7 Å². The van der Waals surface area contributed by atoms with Crippen molar-refractivity contribution in [2.24, 2.45) is 4.99 Å². The highest BCUT2D eigenvalue weighted by atomic mass is 31.0. The number of anilines is 1. The van der Waals surface area contributed by atoms with Gasteiger partial charge >= 0.3 is 0 Å². The lowest BCUT2D eigenvalue weighted by Crippen LogP contribution is -2.45. The fourth-order valence-electron chi connectivity index (χ4n) is 4.49. The van der Waals surface area contributed by atoms with Crippen molar-refractivity contribution in [1.82, 2.24) is 14.8 Å². The molecule has 7 heteroatoms. The summed E-state index contributed by atoms with van der Waals surface area (Å²) in [6, 6.07) is 4.40. The zero-order valence-corrected chi connectivity index (χ0v) is 19.2. The summed E-state index contributed by atoms with van der Waals surface area (Å²) < 4.78 is 0. The molecule has 30 heavy (non-hydrogen) atoms. The molecule has 1 aromatic heterocycles. The van der Waals surface area contributed by atoms with Gasteiger partial charge in [-0.2, -0.15) is 0 Å². The molecule has 0 amide bonds. The van der Waals surface area contributed by atoms with Crippen LogP contribution in [0.5, 0.6) is 0 Å². The van der Waals surface area contributed by atoms with Crippen LogP contribution in [-0.4, -0.2) is 53.7 Å². The van der Waals surface area contributed by atoms with Crippen LogP contribution in [-0.2, 0) is 13.0 Å². The van der Waals surface area contributed by atoms with Crippen molar-refractivity contribution in [3.8, 4) is 0 Å². The largest absolute Gasteiger partial charge is 0.384 e. The van der Waals surface area contributed by atoms with Crippen LogP contribution in [0.15, 0.2) is 33.8 Å². The summed E-state index contributed by atoms with van der Waals surface area (Å²) in [5.74, 6) is 1.07. The second kappa shape index (κ2) is 9.32. The number of hydrogen-bond acceptors (Lipinski definition) is 5. The Morgan fingerprint density at radius 2 is 2.07 bits per heavy atom. The molecule has 6 nitrogen and oxygen atoms in total. The molecule has 1 fully saturated rings. The zero-order chi connectivity index (χ0) is 21.1. The Labute approximate surface area is 180 Å². The van der Waals surface area contributed by atoms with E-state index in [9.17, 15) is 4.79 Å². The Morgan fingerprint density at radius 1 is 1.27 bits per heavy atom. The van der Waals surface area contributed by atoms with E-state index in [4.69, 9.17) is 0 Å². The van der Waals surface area contributed by atoms with Crippen molar-refractivity contribution in [2.75, 3.05) is 38.0 Å². The smallest absolute Gasteiger partial charge is 0.253 e. The van der Waals surface area contributed by atoms with Crippen LogP contribution < -0.4 is 16.2 Å². The highest BCUT2D eigenvalue weighted by Crippen LogP contribution is 2.28. The van der Waals surface area contributed by atoms with Gasteiger partial charge in [0.15, 0.2) is 0 Å². The van der Waals surface area contributed by atoms with Gasteiger partial charge in [-0.05, 0) is 55.3 Å². The van der Waals surface area contributed by atoms with Gasteiger partial charge in [0.25, 0.3) is 5.56 Å². The van der Waals surface area contributed by atoms with Crippen LogP contribution >= 0.6 is 9.24 Å². The monoisotopic (exact) mass is 425 g/mol. The molecule has 0 bridgehead atoms. The Bertz CT molecular complexity index is 1030. The molecular weight excluding hydrogens is 393 g/mol. The first-order valence-electron chi connectivity index (χ1n) is 11.0. The summed E-state index contributed by atoms with van der Waals surface area (Å²) in [6.07, 6.45) is 6.89. The summed E-state index contributed by atoms with van der Waals surface area (Å²) in [6.45, 7) is 9.96. The second-order valence-electron chi connectivity index (χ2n) is 8.08. The number of hydrogen-bond donors (Lipinski definition) is 2. The van der Waals surface area contributed by atoms with Crippen molar-refractivity contribution < 1.29 is 0 Å². The number of H-pyrrole nitrogens is 1. The van der Waals surface area contributed by atoms with Crippen molar-refractivity contribution in [3.05, 3.63) is 45.5 Å². The van der Waals surface area contributed by atoms with E-state index >= 15 is 0 Å². The summed E-state index contributed by atoms with van der Waals surface area (Å²) in [4.78, 5) is 25.1. The lowest BCUT2D eigenvalue weighted by atomic mass is 10.0. The molecule has 2 N–H and O–H groups in total. The summed E-state index contributed by atoms with van der Waals surface area (Å²) >= 11 is 0. The minimum absolute atomic E-state index is 0.0476. The lowest BCUT2D eigenvalue weighted by molar-refractivity contribution is 0.152. The first-order valence-corrected chi connectivity index (χ1v) is 11.6. The minimum atomic E-state index is 0.0476. The number of aliphatic imine (C=N–C) groups is 1. The molecular formula is C23H32N5OP. The molecule has 2 aromatic rings. The second-order valence-corrected chi connectivity index (χ2v) is 8.70. The van der Waals surface area contributed by atoms with E-state index in [0.29, 0.717) is 0 Å². The maximum Gasteiger partial charge on any atom is 0.253 e. The van der Waals surface area contributed by atoms with E-state index in [1.807, 2.05) is 6.21 Å². The third-order valence-electron chi connectivity index (χ3n) is 5.97. The molecule has 0 radical (unpaired) electrons. The fraction of sp³-hybridized carbons (Fsp3) is 0.478. The number of piperazine rings is 1. The van der Waals surface area contributed by atoms with Gasteiger partial charge in [0, 0.05) is 56.4 Å². The number of benzene rings is 1. The Morgan fingerprint density at radius 3 is 2.80 bits per heavy atom. The molecule has 4 rings (SSSR count). The normalized spacial score (nSPS) is 18.1. The van der Waals surface area contributed by atoms with Gasteiger partial charge in [-0.15, -0.1) is 9.24 Å². The zero-order valence-electron chi connectivity index (χ0n) is 18.0. The van der Waals surface area contributed by atoms with E-state index in [2.05, 4.69) is 66.4 Å². The predicted molar refractivity (Wildman–Crippen MR) is 130 cm³/mol. The maximum absolute atomic E-state index is 12.6. The van der Waals surface area contributed by atoms with Crippen LogP contribution in [0.2, 0.25) is 0 Å². The molecule has 3 heterocycles. The van der Waals surface area contributed by atoms with Crippen LogP contribution in [0.1, 0.15) is 37.8 Å². The average Bonchev–Trinajstić information content (AvgIpc) is 2.75. The van der Waals surface area contributed by atoms with Gasteiger partial charge in [0.05, 0.1) is 11.2 Å². The Hall–Kier alpha value is -2.17. The third-order valence-corrected chi connectivity index (χ3v) is 6.43. The Kier molecular flexibility index (Phi) is 6.55. The first kappa shape index (κ1) is 21.1. The SMILES string of the molecule is C/C=C(\N=C/CC)N1CCN(Cc2cc(P)c3c4c(c(=O)[nH]c3c2)CCCN4)CC1. The van der Waals surface area contributed by atoms with Gasteiger partial charge in [-0.25, -0.2) is 4.99 Å². The van der Waals surface area contributed by atoms with E-state index in [1.165, 1.54) is 5.56 Å². The molecule has 0 aliphatic carbocycles. The molecule has 1 atom stereocenters. The van der Waals surface area contributed by atoms with Gasteiger partial charge in [-0.3, -0.25) is 9.69 Å². The molecule has 1 aromatic carbocycles. The van der Waals surface area contributed by atoms with Crippen LogP contribution in [0.4, 0.5) is 5.69 Å². The first-order chi connectivity index (χ1) is 14.6.